The highest BCUT2D eigenvalue weighted by Crippen LogP contribution is 2.34. The lowest BCUT2D eigenvalue weighted by atomic mass is 10.1. The van der Waals surface area contributed by atoms with E-state index in [0.717, 1.165) is 5.56 Å². The fraction of sp³-hybridized carbons (Fsp3) is 0.111. The van der Waals surface area contributed by atoms with Crippen molar-refractivity contribution >= 4 is 11.6 Å². The van der Waals surface area contributed by atoms with Crippen molar-refractivity contribution in [1.82, 2.24) is 5.16 Å². The van der Waals surface area contributed by atoms with Crippen LogP contribution in [-0.4, -0.2) is 24.3 Å². The Bertz CT molecular complexity index is 921. The number of anilines is 1. The van der Waals surface area contributed by atoms with E-state index >= 15 is 0 Å². The van der Waals surface area contributed by atoms with Gasteiger partial charge in [0.05, 0.1) is 0 Å². The molecule has 3 aromatic rings. The van der Waals surface area contributed by atoms with E-state index in [9.17, 15) is 9.18 Å². The number of benzene rings is 2. The molecule has 1 aliphatic heterocycles. The van der Waals surface area contributed by atoms with E-state index in [-0.39, 0.29) is 11.5 Å². The molecule has 0 fully saturated rings. The minimum atomic E-state index is -0.445. The first kappa shape index (κ1) is 15.2. The van der Waals surface area contributed by atoms with Gasteiger partial charge in [0, 0.05) is 17.3 Å². The topological polar surface area (TPSA) is 73.6 Å². The van der Waals surface area contributed by atoms with Gasteiger partial charge >= 0.3 is 0 Å². The van der Waals surface area contributed by atoms with Crippen molar-refractivity contribution in [1.29, 1.82) is 0 Å². The van der Waals surface area contributed by atoms with Crippen LogP contribution >= 0.6 is 0 Å². The molecule has 7 heteroatoms. The van der Waals surface area contributed by atoms with Crippen LogP contribution in [0.1, 0.15) is 10.5 Å². The van der Waals surface area contributed by atoms with Crippen molar-refractivity contribution < 1.29 is 23.2 Å². The molecule has 4 rings (SSSR count). The molecule has 1 amide bonds. The van der Waals surface area contributed by atoms with Gasteiger partial charge in [-0.25, -0.2) is 4.39 Å². The fourth-order valence-corrected chi connectivity index (χ4v) is 2.44. The summed E-state index contributed by atoms with van der Waals surface area (Å²) in [6.07, 6.45) is 0. The number of aromatic nitrogens is 1. The number of nitrogens with one attached hydrogen (secondary N) is 1. The number of carbonyl (C=O) groups excluding carboxylic acids is 1. The summed E-state index contributed by atoms with van der Waals surface area (Å²) in [7, 11) is 0. The second-order valence-corrected chi connectivity index (χ2v) is 5.40. The Balaban J connectivity index is 1.53. The predicted molar refractivity (Wildman–Crippen MR) is 87.3 cm³/mol. The molecule has 1 aliphatic rings. The van der Waals surface area contributed by atoms with Crippen molar-refractivity contribution in [3.8, 4) is 22.8 Å². The van der Waals surface area contributed by atoms with Gasteiger partial charge in [-0.3, -0.25) is 4.79 Å². The van der Waals surface area contributed by atoms with Crippen molar-refractivity contribution in [2.45, 2.75) is 0 Å². The van der Waals surface area contributed by atoms with Crippen LogP contribution in [0.15, 0.2) is 53.1 Å². The molecule has 0 aliphatic carbocycles. The van der Waals surface area contributed by atoms with Crippen LogP contribution in [0.4, 0.5) is 10.1 Å². The maximum absolute atomic E-state index is 12.9. The van der Waals surface area contributed by atoms with Crippen molar-refractivity contribution in [2.24, 2.45) is 0 Å². The standard InChI is InChI=1S/C18H13FN2O4/c19-12-2-4-13(5-3-12)20-18(22)14-10-16(25-21-14)11-1-6-15-17(9-11)24-8-7-23-15/h1-6,9-10H,7-8H2,(H,20,22). The molecule has 1 N–H and O–H groups in total. The third-order valence-corrected chi connectivity index (χ3v) is 3.67. The van der Waals surface area contributed by atoms with Crippen molar-refractivity contribution in [3.63, 3.8) is 0 Å². The van der Waals surface area contributed by atoms with Crippen LogP contribution in [0.3, 0.4) is 0 Å². The number of halogens is 1. The molecule has 2 aromatic carbocycles. The summed E-state index contributed by atoms with van der Waals surface area (Å²) in [6, 6.07) is 12.4. The lowest BCUT2D eigenvalue weighted by Gasteiger charge is -2.18. The van der Waals surface area contributed by atoms with Gasteiger partial charge < -0.3 is 19.3 Å². The minimum absolute atomic E-state index is 0.120. The number of amides is 1. The Morgan fingerprint density at radius 2 is 1.76 bits per heavy atom. The van der Waals surface area contributed by atoms with Crippen LogP contribution in [-0.2, 0) is 0 Å². The normalized spacial score (nSPS) is 12.7. The Morgan fingerprint density at radius 1 is 1.00 bits per heavy atom. The SMILES string of the molecule is O=C(Nc1ccc(F)cc1)c1cc(-c2ccc3c(c2)OCCO3)on1. The van der Waals surface area contributed by atoms with E-state index < -0.39 is 5.91 Å². The summed E-state index contributed by atoms with van der Waals surface area (Å²) >= 11 is 0. The zero-order valence-corrected chi connectivity index (χ0v) is 13.0. The monoisotopic (exact) mass is 340 g/mol. The summed E-state index contributed by atoms with van der Waals surface area (Å²) in [5.74, 6) is 0.905. The average molecular weight is 340 g/mol. The molecule has 0 bridgehead atoms. The highest BCUT2D eigenvalue weighted by molar-refractivity contribution is 6.03. The average Bonchev–Trinajstić information content (AvgIpc) is 3.13. The summed E-state index contributed by atoms with van der Waals surface area (Å²) in [6.45, 7) is 1.00. The Labute approximate surface area is 142 Å². The Hall–Kier alpha value is -3.35. The van der Waals surface area contributed by atoms with Crippen molar-refractivity contribution in [3.05, 3.63) is 60.0 Å². The van der Waals surface area contributed by atoms with E-state index in [1.165, 1.54) is 30.3 Å². The van der Waals surface area contributed by atoms with Crippen LogP contribution in [0.25, 0.3) is 11.3 Å². The molecule has 6 nitrogen and oxygen atoms in total. The van der Waals surface area contributed by atoms with E-state index in [0.29, 0.717) is 36.2 Å². The summed E-state index contributed by atoms with van der Waals surface area (Å²) in [5, 5.41) is 6.41. The fourth-order valence-electron chi connectivity index (χ4n) is 2.44. The smallest absolute Gasteiger partial charge is 0.277 e. The summed E-state index contributed by atoms with van der Waals surface area (Å²) in [4.78, 5) is 12.2. The van der Waals surface area contributed by atoms with Crippen LogP contribution in [0, 0.1) is 5.82 Å². The van der Waals surface area contributed by atoms with Gasteiger partial charge in [-0.15, -0.1) is 0 Å². The lowest BCUT2D eigenvalue weighted by Crippen LogP contribution is -2.15. The molecular weight excluding hydrogens is 327 g/mol. The van der Waals surface area contributed by atoms with Gasteiger partial charge in [0.25, 0.3) is 5.91 Å². The van der Waals surface area contributed by atoms with Gasteiger partial charge in [0.2, 0.25) is 0 Å². The highest BCUT2D eigenvalue weighted by Gasteiger charge is 2.17. The molecule has 0 spiro atoms. The molecule has 2 heterocycles. The number of hydrogen-bond donors (Lipinski definition) is 1. The maximum atomic E-state index is 12.9. The van der Waals surface area contributed by atoms with E-state index in [1.807, 2.05) is 0 Å². The van der Waals surface area contributed by atoms with Gasteiger partial charge in [-0.05, 0) is 42.5 Å². The summed E-state index contributed by atoms with van der Waals surface area (Å²) < 4.78 is 29.2. The van der Waals surface area contributed by atoms with E-state index in [4.69, 9.17) is 14.0 Å². The first-order valence-corrected chi connectivity index (χ1v) is 7.63. The second-order valence-electron chi connectivity index (χ2n) is 5.40. The minimum Gasteiger partial charge on any atom is -0.486 e. The maximum Gasteiger partial charge on any atom is 0.277 e. The number of ether oxygens (including phenoxy) is 2. The molecular formula is C18H13FN2O4. The van der Waals surface area contributed by atoms with Crippen LogP contribution < -0.4 is 14.8 Å². The first-order chi connectivity index (χ1) is 12.2. The lowest BCUT2D eigenvalue weighted by molar-refractivity contribution is 0.101. The van der Waals surface area contributed by atoms with E-state index in [1.54, 1.807) is 18.2 Å². The molecule has 0 saturated heterocycles. The molecule has 1 aromatic heterocycles. The number of rotatable bonds is 3. The largest absolute Gasteiger partial charge is 0.486 e. The molecule has 25 heavy (non-hydrogen) atoms. The van der Waals surface area contributed by atoms with E-state index in [2.05, 4.69) is 10.5 Å². The zero-order chi connectivity index (χ0) is 17.2. The number of nitrogens with zero attached hydrogens (tertiary/aromatic N) is 1. The van der Waals surface area contributed by atoms with Gasteiger partial charge in [0.1, 0.15) is 19.0 Å². The summed E-state index contributed by atoms with van der Waals surface area (Å²) in [5.41, 5.74) is 1.31. The number of carbonyl (C=O) groups is 1. The molecule has 126 valence electrons. The number of fused-ring (bicyclic) bond motifs is 1. The van der Waals surface area contributed by atoms with Crippen LogP contribution in [0.2, 0.25) is 0 Å². The predicted octanol–water partition coefficient (Wildman–Crippen LogP) is 3.50. The second kappa shape index (κ2) is 6.27. The van der Waals surface area contributed by atoms with Gasteiger partial charge in [-0.2, -0.15) is 0 Å². The van der Waals surface area contributed by atoms with Crippen molar-refractivity contribution in [2.75, 3.05) is 18.5 Å². The Kier molecular flexibility index (Phi) is 3.81. The zero-order valence-electron chi connectivity index (χ0n) is 13.0. The Morgan fingerprint density at radius 3 is 2.56 bits per heavy atom. The third-order valence-electron chi connectivity index (χ3n) is 3.67. The highest BCUT2D eigenvalue weighted by atomic mass is 19.1. The molecule has 0 saturated carbocycles. The van der Waals surface area contributed by atoms with Gasteiger partial charge in [-0.1, -0.05) is 5.16 Å². The quantitative estimate of drug-likeness (QED) is 0.790. The first-order valence-electron chi connectivity index (χ1n) is 7.63. The number of hydrogen-bond acceptors (Lipinski definition) is 5. The van der Waals surface area contributed by atoms with Crippen LogP contribution in [0.5, 0.6) is 11.5 Å². The molecule has 0 radical (unpaired) electrons. The molecule has 0 unspecified atom stereocenters. The third kappa shape index (κ3) is 3.16. The van der Waals surface area contributed by atoms with Gasteiger partial charge in [0.15, 0.2) is 23.0 Å². The molecule has 0 atom stereocenters.